The largest absolute Gasteiger partial charge is 0.497 e. The molecule has 0 aliphatic carbocycles. The summed E-state index contributed by atoms with van der Waals surface area (Å²) in [4.78, 5) is 6.30. The molecule has 23 heavy (non-hydrogen) atoms. The lowest BCUT2D eigenvalue weighted by atomic mass is 9.97. The van der Waals surface area contributed by atoms with Gasteiger partial charge in [0.15, 0.2) is 0 Å². The zero-order chi connectivity index (χ0) is 15.6. The predicted octanol–water partition coefficient (Wildman–Crippen LogP) is 3.24. The molecule has 1 aromatic heterocycles. The second-order valence-corrected chi connectivity index (χ2v) is 6.88. The third kappa shape index (κ3) is 2.98. The number of hydrogen-bond acceptors (Lipinski definition) is 3. The van der Waals surface area contributed by atoms with E-state index in [0.29, 0.717) is 6.04 Å². The first-order valence-corrected chi connectivity index (χ1v) is 8.99. The minimum atomic E-state index is 0.457. The normalized spacial score (nSPS) is 22.2. The van der Waals surface area contributed by atoms with Gasteiger partial charge in [0.2, 0.25) is 0 Å². The maximum Gasteiger partial charge on any atom is 0.119 e. The fourth-order valence-corrected chi connectivity index (χ4v) is 4.16. The third-order valence-electron chi connectivity index (χ3n) is 5.44. The summed E-state index contributed by atoms with van der Waals surface area (Å²) in [7, 11) is 1.74. The summed E-state index contributed by atoms with van der Waals surface area (Å²) in [5.74, 6) is 0.947. The van der Waals surface area contributed by atoms with Gasteiger partial charge in [0, 0.05) is 22.6 Å². The van der Waals surface area contributed by atoms with Crippen LogP contribution >= 0.6 is 0 Å². The highest BCUT2D eigenvalue weighted by Gasteiger charge is 2.24. The van der Waals surface area contributed by atoms with Crippen LogP contribution in [0.15, 0.2) is 18.2 Å². The molecule has 0 amide bonds. The van der Waals surface area contributed by atoms with Crippen LogP contribution in [0.2, 0.25) is 0 Å². The van der Waals surface area contributed by atoms with E-state index in [4.69, 9.17) is 4.74 Å². The fourth-order valence-electron chi connectivity index (χ4n) is 4.16. The van der Waals surface area contributed by atoms with Crippen molar-refractivity contribution in [3.8, 4) is 5.75 Å². The molecule has 0 unspecified atom stereocenters. The second-order valence-electron chi connectivity index (χ2n) is 6.88. The molecule has 2 aliphatic heterocycles. The van der Waals surface area contributed by atoms with Gasteiger partial charge in [-0.3, -0.25) is 0 Å². The fraction of sp³-hybridized carbons (Fsp3) is 0.579. The number of H-pyrrole nitrogens is 1. The van der Waals surface area contributed by atoms with Gasteiger partial charge in [0.25, 0.3) is 0 Å². The summed E-state index contributed by atoms with van der Waals surface area (Å²) >= 11 is 0. The molecule has 4 nitrogen and oxygen atoms in total. The van der Waals surface area contributed by atoms with Gasteiger partial charge in [-0.05, 0) is 75.6 Å². The van der Waals surface area contributed by atoms with Crippen molar-refractivity contribution >= 4 is 10.9 Å². The number of hydrogen-bond donors (Lipinski definition) is 2. The Hall–Kier alpha value is -1.52. The van der Waals surface area contributed by atoms with E-state index in [2.05, 4.69) is 27.3 Å². The smallest absolute Gasteiger partial charge is 0.119 e. The van der Waals surface area contributed by atoms with Gasteiger partial charge in [0.05, 0.1) is 7.11 Å². The van der Waals surface area contributed by atoms with Gasteiger partial charge >= 0.3 is 0 Å². The molecular weight excluding hydrogens is 286 g/mol. The number of methoxy groups -OCH3 is 1. The highest BCUT2D eigenvalue weighted by molar-refractivity contribution is 5.86. The van der Waals surface area contributed by atoms with Gasteiger partial charge in [-0.15, -0.1) is 0 Å². The molecule has 0 bridgehead atoms. The van der Waals surface area contributed by atoms with Crippen molar-refractivity contribution in [1.82, 2.24) is 15.2 Å². The summed E-state index contributed by atoms with van der Waals surface area (Å²) in [6, 6.07) is 6.82. The summed E-state index contributed by atoms with van der Waals surface area (Å²) in [6.07, 6.45) is 6.44. The number of likely N-dealkylation sites (tertiary alicyclic amines) is 1. The summed E-state index contributed by atoms with van der Waals surface area (Å²) in [5.41, 5.74) is 4.13. The SMILES string of the molecule is COc1ccc2[nH]c3c(c2c1)CCN[C@H]3CCN1CCCCC1. The molecule has 1 atom stereocenters. The molecule has 0 spiro atoms. The molecular formula is C19H27N3O. The Morgan fingerprint density at radius 1 is 1.22 bits per heavy atom. The molecule has 1 fully saturated rings. The molecule has 124 valence electrons. The van der Waals surface area contributed by atoms with Crippen molar-refractivity contribution in [2.75, 3.05) is 33.3 Å². The number of nitrogens with zero attached hydrogens (tertiary/aromatic N) is 1. The standard InChI is InChI=1S/C19H27N3O/c1-23-14-5-6-17-16(13-14)15-7-9-20-18(19(15)21-17)8-12-22-10-3-2-4-11-22/h5-6,13,18,20-21H,2-4,7-12H2,1H3/t18-/m0/s1. The van der Waals surface area contributed by atoms with E-state index < -0.39 is 0 Å². The van der Waals surface area contributed by atoms with Crippen LogP contribution in [-0.4, -0.2) is 43.2 Å². The van der Waals surface area contributed by atoms with Crippen LogP contribution in [0.25, 0.3) is 10.9 Å². The van der Waals surface area contributed by atoms with E-state index in [9.17, 15) is 0 Å². The lowest BCUT2D eigenvalue weighted by Gasteiger charge is -2.30. The number of benzene rings is 1. The Kier molecular flexibility index (Phi) is 4.27. The number of piperidine rings is 1. The summed E-state index contributed by atoms with van der Waals surface area (Å²) in [5, 5.41) is 5.05. The molecule has 1 aromatic carbocycles. The number of rotatable bonds is 4. The molecule has 4 rings (SSSR count). The van der Waals surface area contributed by atoms with Crippen molar-refractivity contribution in [1.29, 1.82) is 0 Å². The van der Waals surface area contributed by atoms with Crippen LogP contribution < -0.4 is 10.1 Å². The van der Waals surface area contributed by atoms with Gasteiger partial charge in [-0.25, -0.2) is 0 Å². The molecule has 2 aromatic rings. The molecule has 0 saturated carbocycles. The topological polar surface area (TPSA) is 40.3 Å². The maximum absolute atomic E-state index is 5.40. The third-order valence-corrected chi connectivity index (χ3v) is 5.44. The first-order chi connectivity index (χ1) is 11.3. The average Bonchev–Trinajstić information content (AvgIpc) is 2.99. The van der Waals surface area contributed by atoms with Gasteiger partial charge in [-0.1, -0.05) is 6.42 Å². The van der Waals surface area contributed by atoms with Crippen LogP contribution in [0.1, 0.15) is 43.0 Å². The quantitative estimate of drug-likeness (QED) is 0.910. The first kappa shape index (κ1) is 15.0. The average molecular weight is 313 g/mol. The summed E-state index contributed by atoms with van der Waals surface area (Å²) in [6.45, 7) is 4.84. The number of aromatic amines is 1. The van der Waals surface area contributed by atoms with Crippen LogP contribution in [0.5, 0.6) is 5.75 Å². The first-order valence-electron chi connectivity index (χ1n) is 8.99. The molecule has 2 aliphatic rings. The van der Waals surface area contributed by atoms with E-state index >= 15 is 0 Å². The summed E-state index contributed by atoms with van der Waals surface area (Å²) < 4.78 is 5.40. The number of aromatic nitrogens is 1. The Morgan fingerprint density at radius 2 is 2.09 bits per heavy atom. The van der Waals surface area contributed by atoms with E-state index in [1.807, 2.05) is 6.07 Å². The second kappa shape index (κ2) is 6.54. The van der Waals surface area contributed by atoms with Gasteiger partial charge in [0.1, 0.15) is 5.75 Å². The van der Waals surface area contributed by atoms with E-state index in [1.165, 1.54) is 67.5 Å². The lowest BCUT2D eigenvalue weighted by Crippen LogP contribution is -2.35. The molecule has 3 heterocycles. The van der Waals surface area contributed by atoms with Gasteiger partial charge < -0.3 is 19.9 Å². The number of fused-ring (bicyclic) bond motifs is 3. The monoisotopic (exact) mass is 313 g/mol. The van der Waals surface area contributed by atoms with E-state index in [-0.39, 0.29) is 0 Å². The van der Waals surface area contributed by atoms with E-state index in [1.54, 1.807) is 7.11 Å². The van der Waals surface area contributed by atoms with Crippen molar-refractivity contribution < 1.29 is 4.74 Å². The Morgan fingerprint density at radius 3 is 2.91 bits per heavy atom. The van der Waals surface area contributed by atoms with Crippen molar-refractivity contribution in [2.24, 2.45) is 0 Å². The Balaban J connectivity index is 1.55. The maximum atomic E-state index is 5.40. The zero-order valence-corrected chi connectivity index (χ0v) is 14.0. The molecule has 1 saturated heterocycles. The Bertz CT molecular complexity index is 673. The van der Waals surface area contributed by atoms with Crippen LogP contribution in [0.4, 0.5) is 0 Å². The molecule has 4 heteroatoms. The van der Waals surface area contributed by atoms with Crippen LogP contribution in [0.3, 0.4) is 0 Å². The van der Waals surface area contributed by atoms with Crippen molar-refractivity contribution in [2.45, 2.75) is 38.1 Å². The van der Waals surface area contributed by atoms with Gasteiger partial charge in [-0.2, -0.15) is 0 Å². The highest BCUT2D eigenvalue weighted by atomic mass is 16.5. The predicted molar refractivity (Wildman–Crippen MR) is 94.2 cm³/mol. The van der Waals surface area contributed by atoms with Crippen molar-refractivity contribution in [3.05, 3.63) is 29.5 Å². The van der Waals surface area contributed by atoms with E-state index in [0.717, 1.165) is 18.7 Å². The lowest BCUT2D eigenvalue weighted by molar-refractivity contribution is 0.215. The Labute approximate surface area is 138 Å². The molecule has 0 radical (unpaired) electrons. The zero-order valence-electron chi connectivity index (χ0n) is 14.0. The van der Waals surface area contributed by atoms with Crippen LogP contribution in [-0.2, 0) is 6.42 Å². The highest BCUT2D eigenvalue weighted by Crippen LogP contribution is 2.33. The minimum absolute atomic E-state index is 0.457. The number of nitrogens with one attached hydrogen (secondary N) is 2. The van der Waals surface area contributed by atoms with Crippen LogP contribution in [0, 0.1) is 0 Å². The number of ether oxygens (including phenoxy) is 1. The van der Waals surface area contributed by atoms with Crippen molar-refractivity contribution in [3.63, 3.8) is 0 Å². The molecule has 2 N–H and O–H groups in total. The minimum Gasteiger partial charge on any atom is -0.497 e.